The summed E-state index contributed by atoms with van der Waals surface area (Å²) in [6.07, 6.45) is -2.87. The number of halogens is 3. The number of fused-ring (bicyclic) bond motifs is 1. The monoisotopic (exact) mass is 416 g/mol. The van der Waals surface area contributed by atoms with E-state index in [2.05, 4.69) is 14.8 Å². The zero-order valence-electron chi connectivity index (χ0n) is 16.6. The van der Waals surface area contributed by atoms with E-state index in [4.69, 9.17) is 4.98 Å². The van der Waals surface area contributed by atoms with Crippen molar-refractivity contribution >= 4 is 22.6 Å². The first-order valence-corrected chi connectivity index (χ1v) is 9.92. The third-order valence-electron chi connectivity index (χ3n) is 5.58. The molecule has 1 aliphatic rings. The van der Waals surface area contributed by atoms with Gasteiger partial charge in [0, 0.05) is 19.3 Å². The normalized spacial score (nSPS) is 17.9. The smallest absolute Gasteiger partial charge is 0.330 e. The summed E-state index contributed by atoms with van der Waals surface area (Å²) in [7, 11) is 1.98. The Morgan fingerprint density at radius 3 is 2.77 bits per heavy atom. The summed E-state index contributed by atoms with van der Waals surface area (Å²) in [5.41, 5.74) is 1.39. The molecule has 1 atom stereocenters. The van der Waals surface area contributed by atoms with Crippen LogP contribution in [-0.2, 0) is 24.6 Å². The number of rotatable bonds is 4. The van der Waals surface area contributed by atoms with E-state index in [9.17, 15) is 18.0 Å². The Kier molecular flexibility index (Phi) is 5.51. The first-order chi connectivity index (χ1) is 14.3. The molecule has 1 aromatic heterocycles. The Labute approximate surface area is 172 Å². The van der Waals surface area contributed by atoms with Crippen molar-refractivity contribution in [3.63, 3.8) is 0 Å². The number of alkyl halides is 3. The number of carbonyl (C=O) groups excluding carboxylic acids is 1. The molecule has 158 valence electrons. The van der Waals surface area contributed by atoms with Crippen LogP contribution >= 0.6 is 0 Å². The van der Waals surface area contributed by atoms with Gasteiger partial charge >= 0.3 is 6.18 Å². The van der Waals surface area contributed by atoms with Crippen LogP contribution < -0.4 is 5.32 Å². The Morgan fingerprint density at radius 1 is 1.20 bits per heavy atom. The second-order valence-electron chi connectivity index (χ2n) is 7.72. The van der Waals surface area contributed by atoms with Crippen LogP contribution in [0.2, 0.25) is 0 Å². The molecule has 3 aromatic rings. The van der Waals surface area contributed by atoms with Gasteiger partial charge < -0.3 is 9.88 Å². The number of hydrogen-bond acceptors (Lipinski definition) is 3. The predicted molar refractivity (Wildman–Crippen MR) is 109 cm³/mol. The second kappa shape index (κ2) is 8.10. The fraction of sp³-hybridized carbons (Fsp3) is 0.364. The maximum absolute atomic E-state index is 12.9. The van der Waals surface area contributed by atoms with Crippen molar-refractivity contribution in [3.05, 3.63) is 59.9 Å². The highest BCUT2D eigenvalue weighted by atomic mass is 19.4. The molecule has 1 fully saturated rings. The van der Waals surface area contributed by atoms with E-state index in [1.165, 1.54) is 12.1 Å². The van der Waals surface area contributed by atoms with Gasteiger partial charge in [-0.3, -0.25) is 9.69 Å². The van der Waals surface area contributed by atoms with Gasteiger partial charge in [0.1, 0.15) is 5.82 Å². The minimum atomic E-state index is -4.44. The third-order valence-corrected chi connectivity index (χ3v) is 5.58. The summed E-state index contributed by atoms with van der Waals surface area (Å²) in [4.78, 5) is 19.6. The molecule has 0 saturated carbocycles. The molecule has 1 saturated heterocycles. The molecule has 1 N–H and O–H groups in total. The third kappa shape index (κ3) is 4.33. The van der Waals surface area contributed by atoms with Gasteiger partial charge in [-0.05, 0) is 49.7 Å². The van der Waals surface area contributed by atoms with Gasteiger partial charge in [0.25, 0.3) is 0 Å². The summed E-state index contributed by atoms with van der Waals surface area (Å²) in [6, 6.07) is 12.7. The maximum Gasteiger partial charge on any atom is 0.416 e. The van der Waals surface area contributed by atoms with Gasteiger partial charge in [-0.25, -0.2) is 4.98 Å². The number of aromatic nitrogens is 2. The van der Waals surface area contributed by atoms with E-state index in [0.29, 0.717) is 19.5 Å². The lowest BCUT2D eigenvalue weighted by Gasteiger charge is -2.31. The number of benzene rings is 2. The molecule has 8 heteroatoms. The standard InChI is InChI=1S/C22H23F3N4O/c1-28-19-10-3-2-9-18(19)27-20(28)14-29-11-5-6-15(13-29)21(30)26-17-8-4-7-16(12-17)22(23,24)25/h2-4,7-10,12,15H,5-6,11,13-14H2,1H3,(H,26,30)/t15-/m1/s1. The Bertz CT molecular complexity index is 1060. The van der Waals surface area contributed by atoms with Crippen LogP contribution in [0.5, 0.6) is 0 Å². The molecule has 2 heterocycles. The molecule has 2 aromatic carbocycles. The van der Waals surface area contributed by atoms with Crippen molar-refractivity contribution in [1.29, 1.82) is 0 Å². The van der Waals surface area contributed by atoms with E-state index in [0.717, 1.165) is 42.0 Å². The molecule has 0 spiro atoms. The van der Waals surface area contributed by atoms with Gasteiger partial charge in [-0.15, -0.1) is 0 Å². The molecule has 1 aliphatic heterocycles. The molecule has 0 radical (unpaired) electrons. The predicted octanol–water partition coefficient (Wildman–Crippen LogP) is 4.44. The van der Waals surface area contributed by atoms with E-state index in [1.54, 1.807) is 0 Å². The number of piperidine rings is 1. The maximum atomic E-state index is 12.9. The van der Waals surface area contributed by atoms with Crippen LogP contribution in [0.3, 0.4) is 0 Å². The van der Waals surface area contributed by atoms with Crippen molar-refractivity contribution in [1.82, 2.24) is 14.5 Å². The Morgan fingerprint density at radius 2 is 2.00 bits per heavy atom. The van der Waals surface area contributed by atoms with Gasteiger partial charge in [0.05, 0.1) is 29.1 Å². The summed E-state index contributed by atoms with van der Waals surface area (Å²) in [5, 5.41) is 2.65. The quantitative estimate of drug-likeness (QED) is 0.684. The molecular formula is C22H23F3N4O. The topological polar surface area (TPSA) is 50.2 Å². The van der Waals surface area contributed by atoms with Gasteiger partial charge in [-0.1, -0.05) is 18.2 Å². The SMILES string of the molecule is Cn1c(CN2CCC[C@@H](C(=O)Nc3cccc(C(F)(F)F)c3)C2)nc2ccccc21. The molecule has 4 rings (SSSR count). The van der Waals surface area contributed by atoms with E-state index < -0.39 is 11.7 Å². The fourth-order valence-corrected chi connectivity index (χ4v) is 3.97. The molecule has 30 heavy (non-hydrogen) atoms. The van der Waals surface area contributed by atoms with E-state index >= 15 is 0 Å². The zero-order chi connectivity index (χ0) is 21.3. The average molecular weight is 416 g/mol. The summed E-state index contributed by atoms with van der Waals surface area (Å²) in [5.74, 6) is 0.405. The van der Waals surface area contributed by atoms with Crippen molar-refractivity contribution in [2.24, 2.45) is 13.0 Å². The second-order valence-corrected chi connectivity index (χ2v) is 7.72. The molecule has 0 unspecified atom stereocenters. The van der Waals surface area contributed by atoms with Crippen LogP contribution in [-0.4, -0.2) is 33.4 Å². The molecule has 0 bridgehead atoms. The number of para-hydroxylation sites is 2. The van der Waals surface area contributed by atoms with E-state index in [1.807, 2.05) is 31.3 Å². The van der Waals surface area contributed by atoms with E-state index in [-0.39, 0.29) is 17.5 Å². The average Bonchev–Trinajstić information content (AvgIpc) is 3.03. The number of anilines is 1. The lowest BCUT2D eigenvalue weighted by molar-refractivity contribution is -0.137. The van der Waals surface area contributed by atoms with Crippen LogP contribution in [0.4, 0.5) is 18.9 Å². The van der Waals surface area contributed by atoms with Crippen LogP contribution in [0.25, 0.3) is 11.0 Å². The molecule has 1 amide bonds. The Balaban J connectivity index is 1.42. The van der Waals surface area contributed by atoms with Gasteiger partial charge in [0.15, 0.2) is 0 Å². The van der Waals surface area contributed by atoms with Crippen molar-refractivity contribution in [2.45, 2.75) is 25.6 Å². The van der Waals surface area contributed by atoms with Crippen molar-refractivity contribution in [3.8, 4) is 0 Å². The zero-order valence-corrected chi connectivity index (χ0v) is 16.6. The fourth-order valence-electron chi connectivity index (χ4n) is 3.97. The number of carbonyl (C=O) groups is 1. The van der Waals surface area contributed by atoms with Gasteiger partial charge in [0.2, 0.25) is 5.91 Å². The van der Waals surface area contributed by atoms with Gasteiger partial charge in [-0.2, -0.15) is 13.2 Å². The molecular weight excluding hydrogens is 393 g/mol. The summed E-state index contributed by atoms with van der Waals surface area (Å²) < 4.78 is 40.8. The lowest BCUT2D eigenvalue weighted by Crippen LogP contribution is -2.40. The van der Waals surface area contributed by atoms with Crippen LogP contribution in [0, 0.1) is 5.92 Å². The van der Waals surface area contributed by atoms with Crippen LogP contribution in [0.1, 0.15) is 24.2 Å². The highest BCUT2D eigenvalue weighted by Gasteiger charge is 2.31. The van der Waals surface area contributed by atoms with Crippen molar-refractivity contribution in [2.75, 3.05) is 18.4 Å². The number of hydrogen-bond donors (Lipinski definition) is 1. The van der Waals surface area contributed by atoms with Crippen molar-refractivity contribution < 1.29 is 18.0 Å². The van der Waals surface area contributed by atoms with Crippen LogP contribution in [0.15, 0.2) is 48.5 Å². The number of nitrogens with zero attached hydrogens (tertiary/aromatic N) is 3. The largest absolute Gasteiger partial charge is 0.416 e. The minimum absolute atomic E-state index is 0.169. The number of amides is 1. The number of nitrogens with one attached hydrogen (secondary N) is 1. The molecule has 5 nitrogen and oxygen atoms in total. The summed E-state index contributed by atoms with van der Waals surface area (Å²) in [6.45, 7) is 2.03. The highest BCUT2D eigenvalue weighted by molar-refractivity contribution is 5.92. The lowest BCUT2D eigenvalue weighted by atomic mass is 9.97. The number of likely N-dealkylation sites (tertiary alicyclic amines) is 1. The summed E-state index contributed by atoms with van der Waals surface area (Å²) >= 11 is 0. The Hall–Kier alpha value is -2.87. The number of imidazole rings is 1. The minimum Gasteiger partial charge on any atom is -0.330 e. The highest BCUT2D eigenvalue weighted by Crippen LogP contribution is 2.31. The number of aryl methyl sites for hydroxylation is 1. The first-order valence-electron chi connectivity index (χ1n) is 9.92. The molecule has 0 aliphatic carbocycles. The first kappa shape index (κ1) is 20.4.